The van der Waals surface area contributed by atoms with Crippen LogP contribution < -0.4 is 0 Å². The molecule has 1 aromatic rings. The van der Waals surface area contributed by atoms with Crippen molar-refractivity contribution in [3.05, 3.63) is 29.6 Å². The molecule has 16 heavy (non-hydrogen) atoms. The third-order valence-corrected chi connectivity index (χ3v) is 4.85. The predicted octanol–water partition coefficient (Wildman–Crippen LogP) is 2.45. The molecule has 2 heteroatoms. The van der Waals surface area contributed by atoms with E-state index >= 15 is 0 Å². The second kappa shape index (κ2) is 3.56. The lowest BCUT2D eigenvalue weighted by atomic mass is 9.70. The van der Waals surface area contributed by atoms with Gasteiger partial charge in [0.1, 0.15) is 0 Å². The SMILES string of the molecule is C[C@@H]1c2ccncc2CC12CCN(C)CC2. The summed E-state index contributed by atoms with van der Waals surface area (Å²) in [4.78, 5) is 6.73. The zero-order valence-electron chi connectivity index (χ0n) is 10.2. The lowest BCUT2D eigenvalue weighted by Gasteiger charge is -2.41. The number of pyridine rings is 1. The molecule has 1 saturated heterocycles. The summed E-state index contributed by atoms with van der Waals surface area (Å²) in [7, 11) is 2.24. The number of likely N-dealkylation sites (tertiary alicyclic amines) is 1. The second-order valence-corrected chi connectivity index (χ2v) is 5.64. The first-order valence-corrected chi connectivity index (χ1v) is 6.33. The molecule has 2 nitrogen and oxygen atoms in total. The first kappa shape index (κ1) is 10.3. The van der Waals surface area contributed by atoms with Crippen LogP contribution >= 0.6 is 0 Å². The Morgan fingerprint density at radius 2 is 2.12 bits per heavy atom. The van der Waals surface area contributed by atoms with Gasteiger partial charge in [0.05, 0.1) is 0 Å². The summed E-state index contributed by atoms with van der Waals surface area (Å²) in [5.41, 5.74) is 3.59. The number of piperidine rings is 1. The largest absolute Gasteiger partial charge is 0.306 e. The van der Waals surface area contributed by atoms with Crippen LogP contribution in [0.5, 0.6) is 0 Å². The highest BCUT2D eigenvalue weighted by molar-refractivity contribution is 5.36. The molecule has 1 fully saturated rings. The van der Waals surface area contributed by atoms with Gasteiger partial charge in [-0.1, -0.05) is 6.92 Å². The minimum absolute atomic E-state index is 0.540. The van der Waals surface area contributed by atoms with Gasteiger partial charge < -0.3 is 4.90 Å². The summed E-state index contributed by atoms with van der Waals surface area (Å²) in [5, 5.41) is 0. The van der Waals surface area contributed by atoms with Crippen LogP contribution in [-0.2, 0) is 6.42 Å². The molecule has 1 aromatic heterocycles. The molecule has 86 valence electrons. The van der Waals surface area contributed by atoms with Crippen LogP contribution in [0.3, 0.4) is 0 Å². The first-order valence-electron chi connectivity index (χ1n) is 6.33. The molecule has 1 aliphatic heterocycles. The third-order valence-electron chi connectivity index (χ3n) is 4.85. The molecule has 0 aromatic carbocycles. The van der Waals surface area contributed by atoms with E-state index in [4.69, 9.17) is 0 Å². The van der Waals surface area contributed by atoms with Crippen molar-refractivity contribution in [3.8, 4) is 0 Å². The molecule has 0 unspecified atom stereocenters. The summed E-state index contributed by atoms with van der Waals surface area (Å²) >= 11 is 0. The van der Waals surface area contributed by atoms with Gasteiger partial charge in [-0.25, -0.2) is 0 Å². The van der Waals surface area contributed by atoms with Crippen molar-refractivity contribution < 1.29 is 0 Å². The van der Waals surface area contributed by atoms with Crippen molar-refractivity contribution in [2.24, 2.45) is 5.41 Å². The Balaban J connectivity index is 1.91. The maximum absolute atomic E-state index is 4.27. The van der Waals surface area contributed by atoms with Crippen LogP contribution in [0.15, 0.2) is 18.5 Å². The Kier molecular flexibility index (Phi) is 2.28. The fourth-order valence-corrected chi connectivity index (χ4v) is 3.54. The van der Waals surface area contributed by atoms with Crippen LogP contribution in [0.2, 0.25) is 0 Å². The molecule has 0 radical (unpaired) electrons. The Bertz CT molecular complexity index is 391. The molecule has 2 heterocycles. The average Bonchev–Trinajstić information content (AvgIpc) is 2.58. The maximum Gasteiger partial charge on any atom is 0.0302 e. The molecule has 3 rings (SSSR count). The van der Waals surface area contributed by atoms with E-state index in [2.05, 4.69) is 36.1 Å². The highest BCUT2D eigenvalue weighted by Crippen LogP contribution is 2.52. The number of rotatable bonds is 0. The third kappa shape index (κ3) is 1.40. The van der Waals surface area contributed by atoms with Gasteiger partial charge in [-0.2, -0.15) is 0 Å². The average molecular weight is 216 g/mol. The van der Waals surface area contributed by atoms with Gasteiger partial charge in [0.2, 0.25) is 0 Å². The van der Waals surface area contributed by atoms with Crippen LogP contribution in [0.25, 0.3) is 0 Å². The summed E-state index contributed by atoms with van der Waals surface area (Å²) < 4.78 is 0. The van der Waals surface area contributed by atoms with E-state index in [1.165, 1.54) is 37.9 Å². The van der Waals surface area contributed by atoms with Crippen molar-refractivity contribution in [2.75, 3.05) is 20.1 Å². The van der Waals surface area contributed by atoms with Gasteiger partial charge in [-0.3, -0.25) is 4.98 Å². The van der Waals surface area contributed by atoms with Crippen molar-refractivity contribution in [2.45, 2.75) is 32.1 Å². The van der Waals surface area contributed by atoms with Crippen LogP contribution in [0.1, 0.15) is 36.8 Å². The highest BCUT2D eigenvalue weighted by Gasteiger charge is 2.44. The summed E-state index contributed by atoms with van der Waals surface area (Å²) in [6, 6.07) is 2.23. The van der Waals surface area contributed by atoms with E-state index in [-0.39, 0.29) is 0 Å². The van der Waals surface area contributed by atoms with Gasteiger partial charge in [-0.15, -0.1) is 0 Å². The van der Waals surface area contributed by atoms with Gasteiger partial charge in [0.25, 0.3) is 0 Å². The van der Waals surface area contributed by atoms with Gasteiger partial charge in [0.15, 0.2) is 0 Å². The molecule has 0 N–H and O–H groups in total. The smallest absolute Gasteiger partial charge is 0.0302 e. The maximum atomic E-state index is 4.27. The number of fused-ring (bicyclic) bond motifs is 1. The highest BCUT2D eigenvalue weighted by atomic mass is 15.1. The van der Waals surface area contributed by atoms with Crippen LogP contribution in [0.4, 0.5) is 0 Å². The molecule has 1 spiro atoms. The number of aromatic nitrogens is 1. The fourth-order valence-electron chi connectivity index (χ4n) is 3.54. The number of nitrogens with zero attached hydrogens (tertiary/aromatic N) is 2. The Hall–Kier alpha value is -0.890. The van der Waals surface area contributed by atoms with E-state index < -0.39 is 0 Å². The topological polar surface area (TPSA) is 16.1 Å². The van der Waals surface area contributed by atoms with Crippen molar-refractivity contribution >= 4 is 0 Å². The Morgan fingerprint density at radius 3 is 2.81 bits per heavy atom. The van der Waals surface area contributed by atoms with E-state index in [0.29, 0.717) is 5.41 Å². The van der Waals surface area contributed by atoms with Gasteiger partial charge in [0, 0.05) is 12.4 Å². The van der Waals surface area contributed by atoms with Crippen LogP contribution in [-0.4, -0.2) is 30.0 Å². The summed E-state index contributed by atoms with van der Waals surface area (Å²) in [6.45, 7) is 4.93. The molecule has 2 aliphatic rings. The predicted molar refractivity (Wildman–Crippen MR) is 65.5 cm³/mol. The molecule has 1 aliphatic carbocycles. The van der Waals surface area contributed by atoms with Gasteiger partial charge >= 0.3 is 0 Å². The molecule has 0 amide bonds. The lowest BCUT2D eigenvalue weighted by Crippen LogP contribution is -2.39. The van der Waals surface area contributed by atoms with E-state index in [1.54, 1.807) is 5.56 Å². The van der Waals surface area contributed by atoms with Crippen molar-refractivity contribution in [3.63, 3.8) is 0 Å². The standard InChI is InChI=1S/C14H20N2/c1-11-13-3-6-15-10-12(13)9-14(11)4-7-16(2)8-5-14/h3,6,10-11H,4-5,7-9H2,1-2H3/t11-/m1/s1. The molecule has 0 bridgehead atoms. The number of hydrogen-bond acceptors (Lipinski definition) is 2. The van der Waals surface area contributed by atoms with Crippen molar-refractivity contribution in [1.82, 2.24) is 9.88 Å². The quantitative estimate of drug-likeness (QED) is 0.662. The zero-order valence-corrected chi connectivity index (χ0v) is 10.2. The second-order valence-electron chi connectivity index (χ2n) is 5.64. The lowest BCUT2D eigenvalue weighted by molar-refractivity contribution is 0.110. The molecule has 0 saturated carbocycles. The van der Waals surface area contributed by atoms with Crippen LogP contribution in [0, 0.1) is 5.41 Å². The Labute approximate surface area is 97.7 Å². The molecular weight excluding hydrogens is 196 g/mol. The van der Waals surface area contributed by atoms with E-state index in [9.17, 15) is 0 Å². The van der Waals surface area contributed by atoms with E-state index in [1.807, 2.05) is 6.20 Å². The molecule has 1 atom stereocenters. The molecular formula is C14H20N2. The van der Waals surface area contributed by atoms with E-state index in [0.717, 1.165) is 5.92 Å². The summed E-state index contributed by atoms with van der Waals surface area (Å²) in [5.74, 6) is 0.721. The monoisotopic (exact) mass is 216 g/mol. The summed E-state index contributed by atoms with van der Waals surface area (Å²) in [6.07, 6.45) is 7.98. The number of hydrogen-bond donors (Lipinski definition) is 0. The minimum Gasteiger partial charge on any atom is -0.306 e. The van der Waals surface area contributed by atoms with Gasteiger partial charge in [-0.05, 0) is 67.9 Å². The van der Waals surface area contributed by atoms with Crippen molar-refractivity contribution in [1.29, 1.82) is 0 Å². The first-order chi connectivity index (χ1) is 7.71. The zero-order chi connectivity index (χ0) is 11.2. The fraction of sp³-hybridized carbons (Fsp3) is 0.643. The Morgan fingerprint density at radius 1 is 1.38 bits per heavy atom. The minimum atomic E-state index is 0.540. The normalized spacial score (nSPS) is 28.2.